The van der Waals surface area contributed by atoms with Crippen molar-refractivity contribution < 1.29 is 14.0 Å². The lowest BCUT2D eigenvalue weighted by Crippen LogP contribution is -2.10. The van der Waals surface area contributed by atoms with Crippen LogP contribution in [0.2, 0.25) is 0 Å². The minimum absolute atomic E-state index is 0.0114. The topological polar surface area (TPSA) is 84.2 Å². The van der Waals surface area contributed by atoms with E-state index in [2.05, 4.69) is 15.6 Å². The largest absolute Gasteiger partial charge is 0.459 e. The van der Waals surface area contributed by atoms with E-state index in [9.17, 15) is 9.59 Å². The number of hydrogen-bond acceptors (Lipinski definition) is 5. The summed E-state index contributed by atoms with van der Waals surface area (Å²) in [5.74, 6) is -0.120. The summed E-state index contributed by atoms with van der Waals surface area (Å²) in [5, 5.41) is 6.03. The molecule has 2 N–H and O–H groups in total. The number of amides is 2. The van der Waals surface area contributed by atoms with Crippen LogP contribution in [0.1, 0.15) is 30.3 Å². The first-order valence-corrected chi connectivity index (χ1v) is 8.02. The number of nitrogens with one attached hydrogen (secondary N) is 2. The van der Waals surface area contributed by atoms with E-state index in [4.69, 9.17) is 4.42 Å². The highest BCUT2D eigenvalue weighted by molar-refractivity contribution is 7.22. The molecule has 0 saturated carbocycles. The maximum Gasteiger partial charge on any atom is 0.293 e. The molecular formula is C16H15N3O3S. The molecule has 0 bridgehead atoms. The highest BCUT2D eigenvalue weighted by atomic mass is 32.1. The van der Waals surface area contributed by atoms with E-state index in [-0.39, 0.29) is 17.6 Å². The van der Waals surface area contributed by atoms with Gasteiger partial charge >= 0.3 is 0 Å². The molecule has 1 aromatic carbocycles. The number of rotatable bonds is 5. The fraction of sp³-hybridized carbons (Fsp3) is 0.188. The van der Waals surface area contributed by atoms with Crippen molar-refractivity contribution in [2.45, 2.75) is 19.8 Å². The molecule has 0 fully saturated rings. The maximum atomic E-state index is 11.9. The van der Waals surface area contributed by atoms with E-state index >= 15 is 0 Å². The number of aromatic nitrogens is 1. The average Bonchev–Trinajstić information content (AvgIpc) is 3.15. The Morgan fingerprint density at radius 3 is 2.87 bits per heavy atom. The van der Waals surface area contributed by atoms with E-state index in [1.807, 2.05) is 19.1 Å². The van der Waals surface area contributed by atoms with Crippen molar-refractivity contribution in [1.82, 2.24) is 4.98 Å². The number of furan rings is 1. The Morgan fingerprint density at radius 2 is 2.13 bits per heavy atom. The lowest BCUT2D eigenvalue weighted by atomic mass is 10.2. The molecule has 7 heteroatoms. The quantitative estimate of drug-likeness (QED) is 0.744. The summed E-state index contributed by atoms with van der Waals surface area (Å²) in [7, 11) is 0. The van der Waals surface area contributed by atoms with Crippen LogP contribution >= 0.6 is 11.3 Å². The van der Waals surface area contributed by atoms with Gasteiger partial charge in [-0.3, -0.25) is 14.9 Å². The number of fused-ring (bicyclic) bond motifs is 1. The zero-order valence-electron chi connectivity index (χ0n) is 12.5. The lowest BCUT2D eigenvalue weighted by Gasteiger charge is -2.03. The molecule has 2 heterocycles. The predicted molar refractivity (Wildman–Crippen MR) is 89.8 cm³/mol. The minimum Gasteiger partial charge on any atom is -0.459 e. The van der Waals surface area contributed by atoms with Crippen LogP contribution in [0, 0.1) is 0 Å². The zero-order valence-corrected chi connectivity index (χ0v) is 13.3. The summed E-state index contributed by atoms with van der Waals surface area (Å²) in [5.41, 5.74) is 1.49. The van der Waals surface area contributed by atoms with E-state index in [0.717, 1.165) is 22.3 Å². The van der Waals surface area contributed by atoms with Gasteiger partial charge in [0.15, 0.2) is 10.9 Å². The molecule has 3 aromatic rings. The van der Waals surface area contributed by atoms with Gasteiger partial charge < -0.3 is 9.73 Å². The van der Waals surface area contributed by atoms with Crippen LogP contribution < -0.4 is 10.6 Å². The molecule has 23 heavy (non-hydrogen) atoms. The van der Waals surface area contributed by atoms with E-state index in [0.29, 0.717) is 11.6 Å². The standard InChI is InChI=1S/C16H15N3O3S/c1-2-4-14(20)17-10-6-7-11-13(9-10)23-16(18-11)19-15(21)12-5-3-8-22-12/h3,5-9H,2,4H2,1H3,(H,17,20)(H,18,19,21). The van der Waals surface area contributed by atoms with Crippen molar-refractivity contribution in [1.29, 1.82) is 0 Å². The van der Waals surface area contributed by atoms with Crippen LogP contribution in [-0.4, -0.2) is 16.8 Å². The van der Waals surface area contributed by atoms with E-state index < -0.39 is 0 Å². The highest BCUT2D eigenvalue weighted by Gasteiger charge is 2.12. The highest BCUT2D eigenvalue weighted by Crippen LogP contribution is 2.28. The first-order valence-electron chi connectivity index (χ1n) is 7.21. The van der Waals surface area contributed by atoms with Crippen molar-refractivity contribution in [2.75, 3.05) is 10.6 Å². The first kappa shape index (κ1) is 15.2. The number of benzene rings is 1. The van der Waals surface area contributed by atoms with Gasteiger partial charge in [0.1, 0.15) is 0 Å². The van der Waals surface area contributed by atoms with Crippen molar-refractivity contribution in [3.63, 3.8) is 0 Å². The van der Waals surface area contributed by atoms with Crippen molar-refractivity contribution in [3.8, 4) is 0 Å². The predicted octanol–water partition coefficient (Wildman–Crippen LogP) is 3.88. The molecule has 0 spiro atoms. The fourth-order valence-corrected chi connectivity index (χ4v) is 2.97. The first-order chi connectivity index (χ1) is 11.2. The van der Waals surface area contributed by atoms with Gasteiger partial charge in [-0.25, -0.2) is 4.98 Å². The zero-order chi connectivity index (χ0) is 16.2. The number of thiazole rings is 1. The van der Waals surface area contributed by atoms with Gasteiger partial charge in [0.2, 0.25) is 5.91 Å². The molecule has 0 aliphatic heterocycles. The SMILES string of the molecule is CCCC(=O)Nc1ccc2nc(NC(=O)c3ccco3)sc2c1. The van der Waals surface area contributed by atoms with Gasteiger partial charge in [-0.05, 0) is 36.8 Å². The molecule has 6 nitrogen and oxygen atoms in total. The van der Waals surface area contributed by atoms with Crippen LogP contribution in [0.5, 0.6) is 0 Å². The Balaban J connectivity index is 1.76. The molecule has 0 unspecified atom stereocenters. The second-order valence-electron chi connectivity index (χ2n) is 4.93. The number of carbonyl (C=O) groups excluding carboxylic acids is 2. The lowest BCUT2D eigenvalue weighted by molar-refractivity contribution is -0.116. The summed E-state index contributed by atoms with van der Waals surface area (Å²) >= 11 is 1.34. The van der Waals surface area contributed by atoms with Gasteiger partial charge in [0.05, 0.1) is 16.5 Å². The fourth-order valence-electron chi connectivity index (χ4n) is 2.07. The van der Waals surface area contributed by atoms with Crippen LogP contribution in [0.15, 0.2) is 41.0 Å². The second kappa shape index (κ2) is 6.62. The molecule has 0 atom stereocenters. The van der Waals surface area contributed by atoms with Gasteiger partial charge in [-0.2, -0.15) is 0 Å². The molecule has 118 valence electrons. The Morgan fingerprint density at radius 1 is 1.26 bits per heavy atom. The second-order valence-corrected chi connectivity index (χ2v) is 5.96. The molecule has 0 saturated heterocycles. The van der Waals surface area contributed by atoms with Gasteiger partial charge in [-0.15, -0.1) is 0 Å². The number of hydrogen-bond donors (Lipinski definition) is 2. The van der Waals surface area contributed by atoms with Gasteiger partial charge in [0, 0.05) is 12.1 Å². The third-order valence-electron chi connectivity index (χ3n) is 3.11. The average molecular weight is 329 g/mol. The summed E-state index contributed by atoms with van der Waals surface area (Å²) in [4.78, 5) is 27.9. The minimum atomic E-state index is -0.342. The number of carbonyl (C=O) groups is 2. The van der Waals surface area contributed by atoms with E-state index in [1.165, 1.54) is 17.6 Å². The van der Waals surface area contributed by atoms with E-state index in [1.54, 1.807) is 18.2 Å². The number of nitrogens with zero attached hydrogens (tertiary/aromatic N) is 1. The molecule has 3 rings (SSSR count). The maximum absolute atomic E-state index is 11.9. The van der Waals surface area contributed by atoms with Crippen molar-refractivity contribution in [2.24, 2.45) is 0 Å². The third-order valence-corrected chi connectivity index (χ3v) is 4.05. The molecule has 2 amide bonds. The van der Waals surface area contributed by atoms with Crippen LogP contribution in [-0.2, 0) is 4.79 Å². The Kier molecular flexibility index (Phi) is 4.38. The molecule has 2 aromatic heterocycles. The summed E-state index contributed by atoms with van der Waals surface area (Å²) in [6.07, 6.45) is 2.74. The summed E-state index contributed by atoms with van der Waals surface area (Å²) in [6, 6.07) is 8.70. The Labute approximate surface area is 136 Å². The van der Waals surface area contributed by atoms with Crippen molar-refractivity contribution in [3.05, 3.63) is 42.4 Å². The van der Waals surface area contributed by atoms with Crippen LogP contribution in [0.4, 0.5) is 10.8 Å². The van der Waals surface area contributed by atoms with Gasteiger partial charge in [0.25, 0.3) is 5.91 Å². The number of anilines is 2. The smallest absolute Gasteiger partial charge is 0.293 e. The Hall–Kier alpha value is -2.67. The van der Waals surface area contributed by atoms with Gasteiger partial charge in [-0.1, -0.05) is 18.3 Å². The summed E-state index contributed by atoms with van der Waals surface area (Å²) in [6.45, 7) is 1.96. The molecule has 0 aliphatic rings. The molecule has 0 radical (unpaired) electrons. The molecule has 0 aliphatic carbocycles. The molecular weight excluding hydrogens is 314 g/mol. The third kappa shape index (κ3) is 3.57. The Bertz CT molecular complexity index is 840. The monoisotopic (exact) mass is 329 g/mol. The summed E-state index contributed by atoms with van der Waals surface area (Å²) < 4.78 is 5.93. The van der Waals surface area contributed by atoms with Crippen LogP contribution in [0.25, 0.3) is 10.2 Å². The van der Waals surface area contributed by atoms with Crippen molar-refractivity contribution >= 4 is 44.2 Å². The van der Waals surface area contributed by atoms with Crippen LogP contribution in [0.3, 0.4) is 0 Å². The normalized spacial score (nSPS) is 10.7.